The van der Waals surface area contributed by atoms with Crippen LogP contribution in [0.2, 0.25) is 0 Å². The molecule has 22 heavy (non-hydrogen) atoms. The van der Waals surface area contributed by atoms with Crippen molar-refractivity contribution < 1.29 is 9.53 Å². The summed E-state index contributed by atoms with van der Waals surface area (Å²) in [7, 11) is 0. The summed E-state index contributed by atoms with van der Waals surface area (Å²) in [5, 5.41) is 3.08. The second kappa shape index (κ2) is 6.01. The Balaban J connectivity index is 1.32. The van der Waals surface area contributed by atoms with Crippen molar-refractivity contribution in [1.82, 2.24) is 10.2 Å². The smallest absolute Gasteiger partial charge is 0.249 e. The number of carbonyl (C=O) groups excluding carboxylic acids is 1. The Labute approximate surface area is 131 Å². The number of nitrogens with one attached hydrogen (secondary N) is 1. The van der Waals surface area contributed by atoms with Gasteiger partial charge in [0.15, 0.2) is 0 Å². The van der Waals surface area contributed by atoms with Crippen molar-refractivity contribution in [2.24, 2.45) is 5.92 Å². The molecule has 2 aliphatic heterocycles. The zero-order valence-corrected chi connectivity index (χ0v) is 12.9. The molecule has 1 aliphatic carbocycles. The molecule has 4 nitrogen and oxygen atoms in total. The molecule has 0 bridgehead atoms. The predicted molar refractivity (Wildman–Crippen MR) is 84.3 cm³/mol. The van der Waals surface area contributed by atoms with Crippen LogP contribution in [0, 0.1) is 5.92 Å². The SMILES string of the molecule is O=C(NC1CC1)[C@@H]1C[C@@H]2CCN(Cc3ccccc3)C[C@@H]2O1. The molecule has 0 aromatic heterocycles. The van der Waals surface area contributed by atoms with Gasteiger partial charge in [-0.15, -0.1) is 0 Å². The van der Waals surface area contributed by atoms with Gasteiger partial charge in [0.1, 0.15) is 6.10 Å². The Morgan fingerprint density at radius 2 is 2.05 bits per heavy atom. The van der Waals surface area contributed by atoms with Crippen LogP contribution in [0.15, 0.2) is 30.3 Å². The summed E-state index contributed by atoms with van der Waals surface area (Å²) in [5.74, 6) is 0.675. The quantitative estimate of drug-likeness (QED) is 0.924. The second-order valence-electron chi connectivity index (χ2n) is 6.95. The minimum atomic E-state index is -0.215. The Kier molecular flexibility index (Phi) is 3.89. The van der Waals surface area contributed by atoms with Crippen molar-refractivity contribution in [3.8, 4) is 0 Å². The Bertz CT molecular complexity index is 529. The van der Waals surface area contributed by atoms with Crippen molar-refractivity contribution in [1.29, 1.82) is 0 Å². The van der Waals surface area contributed by atoms with E-state index in [2.05, 4.69) is 40.5 Å². The van der Waals surface area contributed by atoms with Crippen LogP contribution in [0.3, 0.4) is 0 Å². The summed E-state index contributed by atoms with van der Waals surface area (Å²) in [6.45, 7) is 3.04. The maximum atomic E-state index is 12.2. The van der Waals surface area contributed by atoms with Gasteiger partial charge in [-0.25, -0.2) is 0 Å². The fourth-order valence-corrected chi connectivity index (χ4v) is 3.67. The number of piperidine rings is 1. The molecule has 0 unspecified atom stereocenters. The van der Waals surface area contributed by atoms with Crippen LogP contribution in [-0.2, 0) is 16.1 Å². The number of likely N-dealkylation sites (tertiary alicyclic amines) is 1. The van der Waals surface area contributed by atoms with E-state index in [0.717, 1.165) is 45.3 Å². The van der Waals surface area contributed by atoms with Gasteiger partial charge in [0, 0.05) is 19.1 Å². The van der Waals surface area contributed by atoms with Crippen LogP contribution in [0.4, 0.5) is 0 Å². The Morgan fingerprint density at radius 1 is 1.23 bits per heavy atom. The first-order valence-corrected chi connectivity index (χ1v) is 8.50. The standard InChI is InChI=1S/C18H24N2O2/c21-18(19-15-6-7-15)16-10-14-8-9-20(12-17(14)22-16)11-13-4-2-1-3-5-13/h1-5,14-17H,6-12H2,(H,19,21)/t14-,16-,17-/m0/s1. The van der Waals surface area contributed by atoms with E-state index in [1.807, 2.05) is 0 Å². The van der Waals surface area contributed by atoms with Gasteiger partial charge < -0.3 is 10.1 Å². The van der Waals surface area contributed by atoms with Crippen molar-refractivity contribution >= 4 is 5.91 Å². The number of rotatable bonds is 4. The van der Waals surface area contributed by atoms with Crippen molar-refractivity contribution in [2.75, 3.05) is 13.1 Å². The lowest BCUT2D eigenvalue weighted by Crippen LogP contribution is -2.42. The molecule has 3 atom stereocenters. The van der Waals surface area contributed by atoms with Gasteiger partial charge in [-0.05, 0) is 43.7 Å². The first-order chi connectivity index (χ1) is 10.8. The van der Waals surface area contributed by atoms with E-state index in [0.29, 0.717) is 12.0 Å². The van der Waals surface area contributed by atoms with Gasteiger partial charge in [0.05, 0.1) is 6.10 Å². The van der Waals surface area contributed by atoms with E-state index in [-0.39, 0.29) is 18.1 Å². The van der Waals surface area contributed by atoms with E-state index < -0.39 is 0 Å². The van der Waals surface area contributed by atoms with E-state index >= 15 is 0 Å². The second-order valence-corrected chi connectivity index (χ2v) is 6.95. The lowest BCUT2D eigenvalue weighted by atomic mass is 9.91. The number of ether oxygens (including phenoxy) is 1. The van der Waals surface area contributed by atoms with Gasteiger partial charge in [-0.2, -0.15) is 0 Å². The normalized spacial score (nSPS) is 31.7. The summed E-state index contributed by atoms with van der Waals surface area (Å²) in [6, 6.07) is 11.0. The molecule has 1 saturated carbocycles. The molecule has 2 saturated heterocycles. The topological polar surface area (TPSA) is 41.6 Å². The van der Waals surface area contributed by atoms with E-state index in [1.54, 1.807) is 0 Å². The van der Waals surface area contributed by atoms with Gasteiger partial charge in [-0.3, -0.25) is 9.69 Å². The maximum Gasteiger partial charge on any atom is 0.249 e. The number of hydrogen-bond acceptors (Lipinski definition) is 3. The van der Waals surface area contributed by atoms with Gasteiger partial charge >= 0.3 is 0 Å². The van der Waals surface area contributed by atoms with Crippen LogP contribution < -0.4 is 5.32 Å². The number of fused-ring (bicyclic) bond motifs is 1. The highest BCUT2D eigenvalue weighted by molar-refractivity contribution is 5.81. The largest absolute Gasteiger partial charge is 0.364 e. The molecule has 4 heteroatoms. The van der Waals surface area contributed by atoms with Crippen molar-refractivity contribution in [3.63, 3.8) is 0 Å². The molecule has 0 radical (unpaired) electrons. The molecule has 4 rings (SSSR count). The zero-order valence-electron chi connectivity index (χ0n) is 12.9. The third-order valence-electron chi connectivity index (χ3n) is 5.10. The summed E-state index contributed by atoms with van der Waals surface area (Å²) in [4.78, 5) is 14.6. The fourth-order valence-electron chi connectivity index (χ4n) is 3.67. The maximum absolute atomic E-state index is 12.2. The van der Waals surface area contributed by atoms with Crippen LogP contribution in [0.5, 0.6) is 0 Å². The van der Waals surface area contributed by atoms with Crippen LogP contribution in [0.1, 0.15) is 31.2 Å². The van der Waals surface area contributed by atoms with Gasteiger partial charge in [-0.1, -0.05) is 30.3 Å². The predicted octanol–water partition coefficient (Wildman–Crippen LogP) is 1.94. The lowest BCUT2D eigenvalue weighted by molar-refractivity contribution is -0.133. The lowest BCUT2D eigenvalue weighted by Gasteiger charge is -2.34. The summed E-state index contributed by atoms with van der Waals surface area (Å²) in [5.41, 5.74) is 1.35. The van der Waals surface area contributed by atoms with Gasteiger partial charge in [0.25, 0.3) is 0 Å². The molecule has 1 aromatic carbocycles. The summed E-state index contributed by atoms with van der Waals surface area (Å²) >= 11 is 0. The Morgan fingerprint density at radius 3 is 2.82 bits per heavy atom. The van der Waals surface area contributed by atoms with Crippen LogP contribution >= 0.6 is 0 Å². The first kappa shape index (κ1) is 14.2. The molecular formula is C18H24N2O2. The zero-order chi connectivity index (χ0) is 14.9. The minimum Gasteiger partial charge on any atom is -0.364 e. The highest BCUT2D eigenvalue weighted by Gasteiger charge is 2.42. The van der Waals surface area contributed by atoms with Gasteiger partial charge in [0.2, 0.25) is 5.91 Å². The molecule has 1 amide bonds. The van der Waals surface area contributed by atoms with E-state index in [1.165, 1.54) is 5.56 Å². The molecular weight excluding hydrogens is 276 g/mol. The minimum absolute atomic E-state index is 0.117. The monoisotopic (exact) mass is 300 g/mol. The number of benzene rings is 1. The highest BCUT2D eigenvalue weighted by Crippen LogP contribution is 2.34. The molecule has 1 N–H and O–H groups in total. The van der Waals surface area contributed by atoms with Crippen LogP contribution in [-0.4, -0.2) is 42.1 Å². The third kappa shape index (κ3) is 3.18. The molecule has 1 aromatic rings. The first-order valence-electron chi connectivity index (χ1n) is 8.50. The average Bonchev–Trinajstić information content (AvgIpc) is 3.24. The molecule has 3 aliphatic rings. The molecule has 0 spiro atoms. The highest BCUT2D eigenvalue weighted by atomic mass is 16.5. The average molecular weight is 300 g/mol. The number of amides is 1. The number of nitrogens with zero attached hydrogens (tertiary/aromatic N) is 1. The Hall–Kier alpha value is -1.39. The van der Waals surface area contributed by atoms with E-state index in [9.17, 15) is 4.79 Å². The fraction of sp³-hybridized carbons (Fsp3) is 0.611. The molecule has 118 valence electrons. The van der Waals surface area contributed by atoms with Crippen LogP contribution in [0.25, 0.3) is 0 Å². The molecule has 3 fully saturated rings. The van der Waals surface area contributed by atoms with Crippen molar-refractivity contribution in [2.45, 2.75) is 50.5 Å². The summed E-state index contributed by atoms with van der Waals surface area (Å²) < 4.78 is 6.07. The number of hydrogen-bond donors (Lipinski definition) is 1. The summed E-state index contributed by atoms with van der Waals surface area (Å²) in [6.07, 6.45) is 4.33. The third-order valence-corrected chi connectivity index (χ3v) is 5.10. The van der Waals surface area contributed by atoms with Crippen molar-refractivity contribution in [3.05, 3.63) is 35.9 Å². The van der Waals surface area contributed by atoms with E-state index in [4.69, 9.17) is 4.74 Å². The number of carbonyl (C=O) groups is 1. The molecule has 2 heterocycles.